The Morgan fingerprint density at radius 1 is 1.12 bits per heavy atom. The Bertz CT molecular complexity index is 512. The van der Waals surface area contributed by atoms with E-state index < -0.39 is 17.7 Å². The Kier molecular flexibility index (Phi) is 2.94. The predicted octanol–water partition coefficient (Wildman–Crippen LogP) is 3.26. The number of halogens is 3. The van der Waals surface area contributed by atoms with Crippen LogP contribution >= 0.6 is 11.6 Å². The molecule has 2 nitrogen and oxygen atoms in total. The van der Waals surface area contributed by atoms with E-state index in [2.05, 4.69) is 0 Å². The summed E-state index contributed by atoms with van der Waals surface area (Å²) < 4.78 is 30.8. The average molecular weight is 244 g/mol. The van der Waals surface area contributed by atoms with Crippen LogP contribution in [0.4, 0.5) is 8.78 Å². The van der Waals surface area contributed by atoms with E-state index in [0.717, 1.165) is 12.1 Å². The van der Waals surface area contributed by atoms with Crippen LogP contribution in [-0.2, 0) is 0 Å². The van der Waals surface area contributed by atoms with Gasteiger partial charge in [-0.15, -0.1) is 0 Å². The Balaban J connectivity index is 2.33. The fraction of sp³-hybridized carbons (Fsp3) is 0.0909. The maximum absolute atomic E-state index is 13.0. The minimum absolute atomic E-state index is 0.202. The molecule has 1 unspecified atom stereocenters. The zero-order valence-corrected chi connectivity index (χ0v) is 8.84. The van der Waals surface area contributed by atoms with Gasteiger partial charge in [-0.05, 0) is 41.4 Å². The summed E-state index contributed by atoms with van der Waals surface area (Å²) in [5.74, 6) is -1.45. The van der Waals surface area contributed by atoms with Crippen molar-refractivity contribution in [1.29, 1.82) is 0 Å². The molecule has 1 aromatic carbocycles. The molecule has 0 aliphatic carbocycles. The quantitative estimate of drug-likeness (QED) is 0.879. The number of rotatable bonds is 2. The van der Waals surface area contributed by atoms with Gasteiger partial charge in [0.05, 0.1) is 6.04 Å². The lowest BCUT2D eigenvalue weighted by atomic mass is 10.1. The summed E-state index contributed by atoms with van der Waals surface area (Å²) in [6.45, 7) is 0. The van der Waals surface area contributed by atoms with E-state index in [1.54, 1.807) is 6.07 Å². The maximum atomic E-state index is 13.0. The first-order valence-electron chi connectivity index (χ1n) is 4.53. The van der Waals surface area contributed by atoms with Gasteiger partial charge >= 0.3 is 0 Å². The van der Waals surface area contributed by atoms with Gasteiger partial charge in [-0.3, -0.25) is 0 Å². The summed E-state index contributed by atoms with van der Waals surface area (Å²) in [5.41, 5.74) is 6.23. The summed E-state index contributed by atoms with van der Waals surface area (Å²) >= 11 is 5.59. The molecule has 2 aromatic rings. The maximum Gasteiger partial charge on any atom is 0.193 e. The smallest absolute Gasteiger partial charge is 0.193 e. The molecule has 0 aliphatic heterocycles. The van der Waals surface area contributed by atoms with Gasteiger partial charge in [-0.2, -0.15) is 0 Å². The second-order valence-corrected chi connectivity index (χ2v) is 3.67. The molecule has 1 aromatic heterocycles. The van der Waals surface area contributed by atoms with E-state index in [0.29, 0.717) is 11.3 Å². The van der Waals surface area contributed by atoms with Crippen LogP contribution in [0.5, 0.6) is 0 Å². The third-order valence-electron chi connectivity index (χ3n) is 2.20. The molecule has 1 heterocycles. The van der Waals surface area contributed by atoms with Crippen LogP contribution in [0.3, 0.4) is 0 Å². The molecule has 2 N–H and O–H groups in total. The molecule has 1 atom stereocenters. The molecule has 0 radical (unpaired) electrons. The van der Waals surface area contributed by atoms with Gasteiger partial charge in [0.25, 0.3) is 0 Å². The molecular formula is C11H8ClF2NO. The van der Waals surface area contributed by atoms with Gasteiger partial charge in [0.15, 0.2) is 16.9 Å². The second kappa shape index (κ2) is 4.23. The Morgan fingerprint density at radius 3 is 2.44 bits per heavy atom. The van der Waals surface area contributed by atoms with Crippen molar-refractivity contribution in [3.63, 3.8) is 0 Å². The Morgan fingerprint density at radius 2 is 1.88 bits per heavy atom. The van der Waals surface area contributed by atoms with Gasteiger partial charge in [0, 0.05) is 0 Å². The van der Waals surface area contributed by atoms with Crippen LogP contribution in [0.1, 0.15) is 17.4 Å². The van der Waals surface area contributed by atoms with E-state index in [1.165, 1.54) is 12.1 Å². The minimum atomic E-state index is -0.939. The Labute approximate surface area is 95.6 Å². The third-order valence-corrected chi connectivity index (χ3v) is 2.41. The fourth-order valence-corrected chi connectivity index (χ4v) is 1.52. The van der Waals surface area contributed by atoms with E-state index >= 15 is 0 Å². The lowest BCUT2D eigenvalue weighted by Gasteiger charge is -2.09. The molecule has 0 saturated heterocycles. The summed E-state index contributed by atoms with van der Waals surface area (Å²) in [5, 5.41) is 0.202. The van der Waals surface area contributed by atoms with Crippen LogP contribution < -0.4 is 5.73 Å². The highest BCUT2D eigenvalue weighted by Crippen LogP contribution is 2.24. The lowest BCUT2D eigenvalue weighted by Crippen LogP contribution is -2.11. The second-order valence-electron chi connectivity index (χ2n) is 3.29. The first-order chi connectivity index (χ1) is 7.58. The van der Waals surface area contributed by atoms with Gasteiger partial charge < -0.3 is 10.2 Å². The molecule has 0 bridgehead atoms. The molecule has 0 spiro atoms. The summed E-state index contributed by atoms with van der Waals surface area (Å²) in [6.07, 6.45) is 0. The lowest BCUT2D eigenvalue weighted by molar-refractivity contribution is 0.484. The van der Waals surface area contributed by atoms with Crippen molar-refractivity contribution in [2.45, 2.75) is 6.04 Å². The van der Waals surface area contributed by atoms with E-state index in [-0.39, 0.29) is 5.22 Å². The first-order valence-corrected chi connectivity index (χ1v) is 4.91. The Hall–Kier alpha value is -1.39. The van der Waals surface area contributed by atoms with Crippen molar-refractivity contribution < 1.29 is 13.2 Å². The van der Waals surface area contributed by atoms with Crippen molar-refractivity contribution in [2.75, 3.05) is 0 Å². The van der Waals surface area contributed by atoms with Crippen molar-refractivity contribution in [1.82, 2.24) is 0 Å². The summed E-state index contributed by atoms with van der Waals surface area (Å²) in [6, 6.07) is 5.93. The monoisotopic (exact) mass is 243 g/mol. The third kappa shape index (κ3) is 2.08. The van der Waals surface area contributed by atoms with Crippen LogP contribution in [0, 0.1) is 11.6 Å². The molecule has 5 heteroatoms. The molecular weight excluding hydrogens is 236 g/mol. The van der Waals surface area contributed by atoms with Crippen LogP contribution in [-0.4, -0.2) is 0 Å². The van der Waals surface area contributed by atoms with Gasteiger partial charge in [-0.1, -0.05) is 6.07 Å². The van der Waals surface area contributed by atoms with E-state index in [1.807, 2.05) is 0 Å². The normalized spacial score (nSPS) is 12.8. The standard InChI is InChI=1S/C11H8ClF2NO/c12-10-4-3-9(16-10)11(15)6-1-2-7(13)8(14)5-6/h1-5,11H,15H2. The highest BCUT2D eigenvalue weighted by molar-refractivity contribution is 6.28. The molecule has 16 heavy (non-hydrogen) atoms. The molecule has 0 amide bonds. The molecule has 0 aliphatic rings. The summed E-state index contributed by atoms with van der Waals surface area (Å²) in [4.78, 5) is 0. The summed E-state index contributed by atoms with van der Waals surface area (Å²) in [7, 11) is 0. The van der Waals surface area contributed by atoms with Crippen molar-refractivity contribution in [3.05, 3.63) is 58.5 Å². The zero-order valence-electron chi connectivity index (χ0n) is 8.08. The van der Waals surface area contributed by atoms with Crippen molar-refractivity contribution in [2.24, 2.45) is 5.73 Å². The van der Waals surface area contributed by atoms with Crippen LogP contribution in [0.2, 0.25) is 5.22 Å². The highest BCUT2D eigenvalue weighted by Gasteiger charge is 2.14. The number of hydrogen-bond acceptors (Lipinski definition) is 2. The van der Waals surface area contributed by atoms with E-state index in [4.69, 9.17) is 21.8 Å². The van der Waals surface area contributed by atoms with Crippen molar-refractivity contribution >= 4 is 11.6 Å². The van der Waals surface area contributed by atoms with Crippen LogP contribution in [0.25, 0.3) is 0 Å². The number of furan rings is 1. The molecule has 0 saturated carbocycles. The minimum Gasteiger partial charge on any atom is -0.448 e. The average Bonchev–Trinajstić information content (AvgIpc) is 2.68. The number of benzene rings is 1. The zero-order chi connectivity index (χ0) is 11.7. The molecule has 2 rings (SSSR count). The number of nitrogens with two attached hydrogens (primary N) is 1. The topological polar surface area (TPSA) is 39.2 Å². The predicted molar refractivity (Wildman–Crippen MR) is 56.1 cm³/mol. The largest absolute Gasteiger partial charge is 0.448 e. The van der Waals surface area contributed by atoms with Gasteiger partial charge in [-0.25, -0.2) is 8.78 Å². The van der Waals surface area contributed by atoms with Gasteiger partial charge in [0.2, 0.25) is 0 Å². The van der Waals surface area contributed by atoms with Crippen LogP contribution in [0.15, 0.2) is 34.7 Å². The molecule has 84 valence electrons. The SMILES string of the molecule is NC(c1ccc(F)c(F)c1)c1ccc(Cl)o1. The first kappa shape index (κ1) is 11.1. The highest BCUT2D eigenvalue weighted by atomic mass is 35.5. The number of hydrogen-bond donors (Lipinski definition) is 1. The van der Waals surface area contributed by atoms with E-state index in [9.17, 15) is 8.78 Å². The van der Waals surface area contributed by atoms with Crippen molar-refractivity contribution in [3.8, 4) is 0 Å². The fourth-order valence-electron chi connectivity index (χ4n) is 1.37. The molecule has 0 fully saturated rings. The van der Waals surface area contributed by atoms with Gasteiger partial charge in [0.1, 0.15) is 5.76 Å².